The lowest BCUT2D eigenvalue weighted by molar-refractivity contribution is 0.0941. The molecule has 6 heteroatoms. The quantitative estimate of drug-likeness (QED) is 0.819. The molecule has 88 valence electrons. The van der Waals surface area contributed by atoms with Crippen molar-refractivity contribution < 1.29 is 9.42 Å². The van der Waals surface area contributed by atoms with Crippen molar-refractivity contribution in [2.24, 2.45) is 0 Å². The zero-order valence-electron chi connectivity index (χ0n) is 9.30. The van der Waals surface area contributed by atoms with E-state index in [2.05, 4.69) is 20.3 Å². The number of carbonyl (C=O) groups is 1. The van der Waals surface area contributed by atoms with Gasteiger partial charge in [-0.05, 0) is 28.4 Å². The highest BCUT2D eigenvalue weighted by atomic mass is 16.6. The SMILES string of the molecule is Cc1ccccc1CNC(=O)c1nonc1N. The van der Waals surface area contributed by atoms with Crippen LogP contribution in [0.5, 0.6) is 0 Å². The van der Waals surface area contributed by atoms with Crippen molar-refractivity contribution in [3.63, 3.8) is 0 Å². The van der Waals surface area contributed by atoms with E-state index in [0.717, 1.165) is 11.1 Å². The molecule has 0 atom stereocenters. The maximum Gasteiger partial charge on any atom is 0.277 e. The number of anilines is 1. The average Bonchev–Trinajstić information content (AvgIpc) is 2.74. The highest BCUT2D eigenvalue weighted by molar-refractivity contribution is 5.95. The van der Waals surface area contributed by atoms with Crippen LogP contribution in [0.3, 0.4) is 0 Å². The number of nitrogens with one attached hydrogen (secondary N) is 1. The van der Waals surface area contributed by atoms with E-state index in [-0.39, 0.29) is 11.5 Å². The van der Waals surface area contributed by atoms with E-state index >= 15 is 0 Å². The molecule has 1 aromatic heterocycles. The van der Waals surface area contributed by atoms with E-state index in [1.807, 2.05) is 31.2 Å². The fourth-order valence-corrected chi connectivity index (χ4v) is 1.42. The van der Waals surface area contributed by atoms with E-state index in [9.17, 15) is 4.79 Å². The fourth-order valence-electron chi connectivity index (χ4n) is 1.42. The molecule has 1 heterocycles. The van der Waals surface area contributed by atoms with Crippen molar-refractivity contribution in [1.29, 1.82) is 0 Å². The number of nitrogen functional groups attached to an aromatic ring is 1. The highest BCUT2D eigenvalue weighted by Crippen LogP contribution is 2.08. The minimum absolute atomic E-state index is 0.00714. The number of aromatic nitrogens is 2. The molecule has 0 radical (unpaired) electrons. The Hall–Kier alpha value is -2.37. The summed E-state index contributed by atoms with van der Waals surface area (Å²) in [6.07, 6.45) is 0. The molecule has 0 aliphatic heterocycles. The van der Waals surface area contributed by atoms with Gasteiger partial charge in [0.1, 0.15) is 0 Å². The van der Waals surface area contributed by atoms with Crippen molar-refractivity contribution in [1.82, 2.24) is 15.6 Å². The Kier molecular flexibility index (Phi) is 3.04. The molecule has 0 aliphatic carbocycles. The number of nitrogens with two attached hydrogens (primary N) is 1. The maximum atomic E-state index is 11.7. The molecule has 0 bridgehead atoms. The van der Waals surface area contributed by atoms with Gasteiger partial charge in [0, 0.05) is 6.54 Å². The predicted molar refractivity (Wildman–Crippen MR) is 61.1 cm³/mol. The van der Waals surface area contributed by atoms with Gasteiger partial charge in [-0.25, -0.2) is 4.63 Å². The van der Waals surface area contributed by atoms with Crippen molar-refractivity contribution in [2.75, 3.05) is 5.73 Å². The summed E-state index contributed by atoms with van der Waals surface area (Å²) in [5.41, 5.74) is 7.57. The Morgan fingerprint density at radius 1 is 1.41 bits per heavy atom. The molecule has 3 N–H and O–H groups in total. The maximum absolute atomic E-state index is 11.7. The lowest BCUT2D eigenvalue weighted by Crippen LogP contribution is -2.24. The first-order chi connectivity index (χ1) is 8.18. The summed E-state index contributed by atoms with van der Waals surface area (Å²) >= 11 is 0. The monoisotopic (exact) mass is 232 g/mol. The molecule has 0 unspecified atom stereocenters. The first-order valence-corrected chi connectivity index (χ1v) is 5.09. The van der Waals surface area contributed by atoms with Gasteiger partial charge in [0.05, 0.1) is 0 Å². The zero-order valence-corrected chi connectivity index (χ0v) is 9.30. The first kappa shape index (κ1) is 11.1. The van der Waals surface area contributed by atoms with Gasteiger partial charge in [0.2, 0.25) is 11.5 Å². The topological polar surface area (TPSA) is 94.0 Å². The van der Waals surface area contributed by atoms with Crippen LogP contribution in [0, 0.1) is 6.92 Å². The molecule has 2 rings (SSSR count). The largest absolute Gasteiger partial charge is 0.379 e. The van der Waals surface area contributed by atoms with E-state index < -0.39 is 5.91 Å². The molecule has 17 heavy (non-hydrogen) atoms. The molecule has 0 saturated carbocycles. The van der Waals surface area contributed by atoms with Crippen LogP contribution in [0.1, 0.15) is 21.6 Å². The summed E-state index contributed by atoms with van der Waals surface area (Å²) in [4.78, 5) is 11.7. The van der Waals surface area contributed by atoms with E-state index in [0.29, 0.717) is 6.54 Å². The van der Waals surface area contributed by atoms with E-state index in [1.165, 1.54) is 0 Å². The lowest BCUT2D eigenvalue weighted by Gasteiger charge is -2.06. The summed E-state index contributed by atoms with van der Waals surface area (Å²) in [6, 6.07) is 7.79. The highest BCUT2D eigenvalue weighted by Gasteiger charge is 2.15. The molecule has 6 nitrogen and oxygen atoms in total. The van der Waals surface area contributed by atoms with Gasteiger partial charge in [-0.15, -0.1) is 0 Å². The van der Waals surface area contributed by atoms with Crippen LogP contribution in [0.15, 0.2) is 28.9 Å². The second-order valence-electron chi connectivity index (χ2n) is 3.61. The number of rotatable bonds is 3. The Balaban J connectivity index is 2.02. The van der Waals surface area contributed by atoms with Gasteiger partial charge in [-0.3, -0.25) is 4.79 Å². The summed E-state index contributed by atoms with van der Waals surface area (Å²) in [5.74, 6) is -0.403. The van der Waals surface area contributed by atoms with Gasteiger partial charge in [0.15, 0.2) is 0 Å². The third kappa shape index (κ3) is 2.41. The van der Waals surface area contributed by atoms with Crippen molar-refractivity contribution in [2.45, 2.75) is 13.5 Å². The first-order valence-electron chi connectivity index (χ1n) is 5.09. The van der Waals surface area contributed by atoms with Crippen LogP contribution >= 0.6 is 0 Å². The van der Waals surface area contributed by atoms with E-state index in [1.54, 1.807) is 0 Å². The Bertz CT molecular complexity index is 536. The molecule has 0 spiro atoms. The fraction of sp³-hybridized carbons (Fsp3) is 0.182. The lowest BCUT2D eigenvalue weighted by atomic mass is 10.1. The third-order valence-electron chi connectivity index (χ3n) is 2.43. The minimum atomic E-state index is -0.396. The van der Waals surface area contributed by atoms with Gasteiger partial charge < -0.3 is 11.1 Å². The van der Waals surface area contributed by atoms with Crippen LogP contribution in [0.25, 0.3) is 0 Å². The molecular weight excluding hydrogens is 220 g/mol. The Morgan fingerprint density at radius 3 is 2.82 bits per heavy atom. The third-order valence-corrected chi connectivity index (χ3v) is 2.43. The molecule has 2 aromatic rings. The predicted octanol–water partition coefficient (Wildman–Crippen LogP) is 0.890. The van der Waals surface area contributed by atoms with Crippen LogP contribution < -0.4 is 11.1 Å². The number of carbonyl (C=O) groups excluding carboxylic acids is 1. The number of nitrogens with zero attached hydrogens (tertiary/aromatic N) is 2. The molecular formula is C11H12N4O2. The number of hydrogen-bond donors (Lipinski definition) is 2. The average molecular weight is 232 g/mol. The second kappa shape index (κ2) is 4.65. The summed E-state index contributed by atoms with van der Waals surface area (Å²) in [5, 5.41) is 9.47. The van der Waals surface area contributed by atoms with Gasteiger partial charge in [0.25, 0.3) is 5.91 Å². The Labute approximate surface area is 97.8 Å². The van der Waals surface area contributed by atoms with Crippen LogP contribution in [0.4, 0.5) is 5.82 Å². The molecule has 0 saturated heterocycles. The summed E-state index contributed by atoms with van der Waals surface area (Å²) in [7, 11) is 0. The smallest absolute Gasteiger partial charge is 0.277 e. The molecule has 0 fully saturated rings. The number of benzene rings is 1. The number of amides is 1. The van der Waals surface area contributed by atoms with Crippen LogP contribution in [-0.4, -0.2) is 16.2 Å². The van der Waals surface area contributed by atoms with Crippen LogP contribution in [-0.2, 0) is 6.54 Å². The Morgan fingerprint density at radius 2 is 2.18 bits per heavy atom. The number of aryl methyl sites for hydroxylation is 1. The molecule has 0 aliphatic rings. The minimum Gasteiger partial charge on any atom is -0.379 e. The standard InChI is InChI=1S/C11H12N4O2/c1-7-4-2-3-5-8(7)6-13-11(16)9-10(12)15-17-14-9/h2-5H,6H2,1H3,(H2,12,15)(H,13,16). The van der Waals surface area contributed by atoms with Crippen molar-refractivity contribution in [3.05, 3.63) is 41.1 Å². The van der Waals surface area contributed by atoms with Gasteiger partial charge in [-0.1, -0.05) is 24.3 Å². The van der Waals surface area contributed by atoms with Crippen molar-refractivity contribution in [3.8, 4) is 0 Å². The van der Waals surface area contributed by atoms with Crippen molar-refractivity contribution >= 4 is 11.7 Å². The second-order valence-corrected chi connectivity index (χ2v) is 3.61. The number of hydrogen-bond acceptors (Lipinski definition) is 5. The van der Waals surface area contributed by atoms with Gasteiger partial charge in [-0.2, -0.15) is 0 Å². The van der Waals surface area contributed by atoms with Crippen LogP contribution in [0.2, 0.25) is 0 Å². The zero-order chi connectivity index (χ0) is 12.3. The van der Waals surface area contributed by atoms with Gasteiger partial charge >= 0.3 is 0 Å². The summed E-state index contributed by atoms with van der Waals surface area (Å²) in [6.45, 7) is 2.39. The molecule has 1 amide bonds. The normalized spacial score (nSPS) is 10.2. The van der Waals surface area contributed by atoms with E-state index in [4.69, 9.17) is 5.73 Å². The summed E-state index contributed by atoms with van der Waals surface area (Å²) < 4.78 is 4.36. The molecule has 1 aromatic carbocycles.